The minimum Gasteiger partial charge on any atom is -0.352 e. The third-order valence-corrected chi connectivity index (χ3v) is 5.03. The number of para-hydroxylation sites is 1. The Morgan fingerprint density at radius 1 is 1.08 bits per heavy atom. The van der Waals surface area contributed by atoms with Gasteiger partial charge in [-0.2, -0.15) is 0 Å². The van der Waals surface area contributed by atoms with Gasteiger partial charge in [0.05, 0.1) is 12.3 Å². The minimum absolute atomic E-state index is 0.0319. The van der Waals surface area contributed by atoms with E-state index in [1.54, 1.807) is 0 Å². The Morgan fingerprint density at radius 2 is 1.96 bits per heavy atom. The lowest BCUT2D eigenvalue weighted by atomic mass is 10.2. The maximum absolute atomic E-state index is 6.03. The van der Waals surface area contributed by atoms with Crippen LogP contribution in [0.4, 0.5) is 5.69 Å². The molecule has 2 heterocycles. The van der Waals surface area contributed by atoms with Gasteiger partial charge in [-0.15, -0.1) is 0 Å². The van der Waals surface area contributed by atoms with E-state index in [4.69, 9.17) is 4.74 Å². The Kier molecular flexibility index (Phi) is 4.17. The van der Waals surface area contributed by atoms with Crippen molar-refractivity contribution in [3.63, 3.8) is 0 Å². The van der Waals surface area contributed by atoms with E-state index in [9.17, 15) is 0 Å². The van der Waals surface area contributed by atoms with Crippen LogP contribution in [0.2, 0.25) is 0 Å². The second-order valence-corrected chi connectivity index (χ2v) is 6.91. The van der Waals surface area contributed by atoms with E-state index < -0.39 is 0 Å². The van der Waals surface area contributed by atoms with Gasteiger partial charge in [0.25, 0.3) is 0 Å². The van der Waals surface area contributed by atoms with Crippen LogP contribution in [0.15, 0.2) is 71.5 Å². The molecule has 0 N–H and O–H groups in total. The molecule has 2 aromatic carbocycles. The predicted octanol–water partition coefficient (Wildman–Crippen LogP) is 5.08. The molecular formula is C20H19BrN2O. The van der Waals surface area contributed by atoms with Gasteiger partial charge in [-0.1, -0.05) is 24.3 Å². The highest BCUT2D eigenvalue weighted by Gasteiger charge is 2.28. The summed E-state index contributed by atoms with van der Waals surface area (Å²) in [7, 11) is 0. The Labute approximate surface area is 150 Å². The van der Waals surface area contributed by atoms with Crippen LogP contribution < -0.4 is 4.90 Å². The van der Waals surface area contributed by atoms with Crippen molar-refractivity contribution in [2.75, 3.05) is 18.1 Å². The molecular weight excluding hydrogens is 364 g/mol. The van der Waals surface area contributed by atoms with Crippen molar-refractivity contribution < 1.29 is 4.74 Å². The van der Waals surface area contributed by atoms with E-state index in [2.05, 4.69) is 87.2 Å². The highest BCUT2D eigenvalue weighted by molar-refractivity contribution is 9.10. The first-order valence-electron chi connectivity index (χ1n) is 8.10. The zero-order chi connectivity index (χ0) is 16.5. The van der Waals surface area contributed by atoms with E-state index in [0.29, 0.717) is 0 Å². The van der Waals surface area contributed by atoms with Crippen molar-refractivity contribution in [1.29, 1.82) is 0 Å². The molecule has 0 unspecified atom stereocenters. The number of rotatable bonds is 3. The second-order valence-electron chi connectivity index (χ2n) is 6.06. The number of halogens is 1. The number of hydrogen-bond donors (Lipinski definition) is 0. The van der Waals surface area contributed by atoms with Gasteiger partial charge in [0.15, 0.2) is 6.23 Å². The molecule has 1 aliphatic heterocycles. The van der Waals surface area contributed by atoms with Gasteiger partial charge in [0, 0.05) is 34.7 Å². The summed E-state index contributed by atoms with van der Waals surface area (Å²) in [6.07, 6.45) is 4.21. The van der Waals surface area contributed by atoms with E-state index in [1.807, 2.05) is 12.1 Å². The second kappa shape index (κ2) is 6.46. The normalized spacial score (nSPS) is 17.4. The van der Waals surface area contributed by atoms with Crippen LogP contribution in [0, 0.1) is 6.92 Å². The molecule has 1 atom stereocenters. The Bertz CT molecular complexity index is 858. The zero-order valence-electron chi connectivity index (χ0n) is 13.5. The van der Waals surface area contributed by atoms with Crippen LogP contribution >= 0.6 is 15.9 Å². The van der Waals surface area contributed by atoms with Crippen LogP contribution in [0.5, 0.6) is 0 Å². The van der Waals surface area contributed by atoms with Crippen LogP contribution in [-0.2, 0) is 4.74 Å². The van der Waals surface area contributed by atoms with E-state index >= 15 is 0 Å². The van der Waals surface area contributed by atoms with E-state index in [0.717, 1.165) is 23.3 Å². The van der Waals surface area contributed by atoms with Gasteiger partial charge in [-0.05, 0) is 58.7 Å². The van der Waals surface area contributed by atoms with Crippen molar-refractivity contribution in [3.05, 3.63) is 82.6 Å². The molecule has 122 valence electrons. The predicted molar refractivity (Wildman–Crippen MR) is 101 cm³/mol. The Hall–Kier alpha value is -2.04. The molecule has 1 saturated heterocycles. The number of anilines is 1. The Balaban J connectivity index is 1.65. The van der Waals surface area contributed by atoms with Crippen molar-refractivity contribution in [3.8, 4) is 5.69 Å². The molecule has 0 saturated carbocycles. The molecule has 0 bridgehead atoms. The molecule has 4 rings (SSSR count). The zero-order valence-corrected chi connectivity index (χ0v) is 15.1. The average Bonchev–Trinajstić information content (AvgIpc) is 3.24. The molecule has 4 heteroatoms. The van der Waals surface area contributed by atoms with Crippen LogP contribution in [0.1, 0.15) is 17.4 Å². The summed E-state index contributed by atoms with van der Waals surface area (Å²) >= 11 is 3.62. The van der Waals surface area contributed by atoms with Crippen molar-refractivity contribution >= 4 is 21.6 Å². The first-order valence-corrected chi connectivity index (χ1v) is 8.89. The quantitative estimate of drug-likeness (QED) is 0.627. The molecule has 3 nitrogen and oxygen atoms in total. The summed E-state index contributed by atoms with van der Waals surface area (Å²) < 4.78 is 9.24. The highest BCUT2D eigenvalue weighted by atomic mass is 79.9. The highest BCUT2D eigenvalue weighted by Crippen LogP contribution is 2.33. The van der Waals surface area contributed by atoms with Crippen molar-refractivity contribution in [2.45, 2.75) is 13.2 Å². The standard InChI is InChI=1S/C20H19BrN2O/c1-15-5-4-6-17(13-15)23-11-12-24-20(23)16-9-10-22(14-16)19-8-3-2-7-18(19)21/h2-10,13-14,20H,11-12H2,1H3/t20-/m0/s1. The van der Waals surface area contributed by atoms with Crippen molar-refractivity contribution in [2.24, 2.45) is 0 Å². The van der Waals surface area contributed by atoms with E-state index in [-0.39, 0.29) is 6.23 Å². The van der Waals surface area contributed by atoms with Gasteiger partial charge in [0.1, 0.15) is 0 Å². The summed E-state index contributed by atoms with van der Waals surface area (Å²) in [6, 6.07) is 19.0. The monoisotopic (exact) mass is 382 g/mol. The van der Waals surface area contributed by atoms with Gasteiger partial charge in [-0.25, -0.2) is 0 Å². The van der Waals surface area contributed by atoms with Crippen LogP contribution in [-0.4, -0.2) is 17.7 Å². The number of ether oxygens (including phenoxy) is 1. The molecule has 0 amide bonds. The molecule has 3 aromatic rings. The van der Waals surface area contributed by atoms with Crippen molar-refractivity contribution in [1.82, 2.24) is 4.57 Å². The third kappa shape index (κ3) is 2.87. The summed E-state index contributed by atoms with van der Waals surface area (Å²) in [5.74, 6) is 0. The maximum atomic E-state index is 6.03. The summed E-state index contributed by atoms with van der Waals surface area (Å²) in [5, 5.41) is 0. The van der Waals surface area contributed by atoms with Gasteiger partial charge in [-0.3, -0.25) is 0 Å². The lowest BCUT2D eigenvalue weighted by Crippen LogP contribution is -2.23. The lowest BCUT2D eigenvalue weighted by molar-refractivity contribution is 0.114. The smallest absolute Gasteiger partial charge is 0.158 e. The largest absolute Gasteiger partial charge is 0.352 e. The number of aryl methyl sites for hydroxylation is 1. The minimum atomic E-state index is -0.0319. The summed E-state index contributed by atoms with van der Waals surface area (Å²) in [6.45, 7) is 3.78. The number of hydrogen-bond acceptors (Lipinski definition) is 2. The fraction of sp³-hybridized carbons (Fsp3) is 0.200. The Morgan fingerprint density at radius 3 is 2.79 bits per heavy atom. The first kappa shape index (κ1) is 15.5. The number of benzene rings is 2. The molecule has 1 aromatic heterocycles. The summed E-state index contributed by atoms with van der Waals surface area (Å²) in [4.78, 5) is 2.33. The SMILES string of the molecule is Cc1cccc(N2CCO[C@H]2c2ccn(-c3ccccc3Br)c2)c1. The molecule has 0 spiro atoms. The maximum Gasteiger partial charge on any atom is 0.158 e. The molecule has 0 aliphatic carbocycles. The first-order chi connectivity index (χ1) is 11.7. The number of nitrogens with zero attached hydrogens (tertiary/aromatic N) is 2. The van der Waals surface area contributed by atoms with E-state index in [1.165, 1.54) is 16.8 Å². The molecule has 24 heavy (non-hydrogen) atoms. The van der Waals surface area contributed by atoms with Gasteiger partial charge < -0.3 is 14.2 Å². The molecule has 1 fully saturated rings. The van der Waals surface area contributed by atoms with Gasteiger partial charge >= 0.3 is 0 Å². The summed E-state index contributed by atoms with van der Waals surface area (Å²) in [5.41, 5.74) is 4.78. The fourth-order valence-corrected chi connectivity index (χ4v) is 3.68. The fourth-order valence-electron chi connectivity index (χ4n) is 3.19. The topological polar surface area (TPSA) is 17.4 Å². The third-order valence-electron chi connectivity index (χ3n) is 4.36. The number of aromatic nitrogens is 1. The molecule has 1 aliphatic rings. The van der Waals surface area contributed by atoms with Crippen LogP contribution in [0.25, 0.3) is 5.69 Å². The lowest BCUT2D eigenvalue weighted by Gasteiger charge is -2.25. The van der Waals surface area contributed by atoms with Gasteiger partial charge in [0.2, 0.25) is 0 Å². The average molecular weight is 383 g/mol. The van der Waals surface area contributed by atoms with Crippen LogP contribution in [0.3, 0.4) is 0 Å². The molecule has 0 radical (unpaired) electrons.